The van der Waals surface area contributed by atoms with Crippen molar-refractivity contribution in [3.63, 3.8) is 0 Å². The molecule has 1 N–H and O–H groups in total. The number of amides is 1. The number of anilines is 1. The van der Waals surface area contributed by atoms with Crippen molar-refractivity contribution in [2.24, 2.45) is 0 Å². The van der Waals surface area contributed by atoms with Crippen molar-refractivity contribution < 1.29 is 18.7 Å². The van der Waals surface area contributed by atoms with Crippen LogP contribution in [0.1, 0.15) is 24.2 Å². The van der Waals surface area contributed by atoms with Gasteiger partial charge in [0, 0.05) is 16.8 Å². The third kappa shape index (κ3) is 4.27. The second kappa shape index (κ2) is 8.29. The maximum atomic E-state index is 12.7. The summed E-state index contributed by atoms with van der Waals surface area (Å²) in [6.07, 6.45) is 0.0396. The monoisotopic (exact) mass is 402 g/mol. The minimum absolute atomic E-state index is 0.0396. The SMILES string of the molecule is COc1ccc(-c2nc3cc(NC(=O)c4cccc(OC(C)C)c4)ccc3o2)cc1. The topological polar surface area (TPSA) is 73.6 Å². The lowest BCUT2D eigenvalue weighted by Gasteiger charge is -2.11. The van der Waals surface area contributed by atoms with Crippen LogP contribution in [-0.2, 0) is 0 Å². The molecule has 0 bridgehead atoms. The fourth-order valence-corrected chi connectivity index (χ4v) is 3.05. The van der Waals surface area contributed by atoms with E-state index < -0.39 is 0 Å². The first-order chi connectivity index (χ1) is 14.5. The number of ether oxygens (including phenoxy) is 2. The normalized spacial score (nSPS) is 10.9. The molecule has 1 aromatic heterocycles. The molecule has 0 unspecified atom stereocenters. The van der Waals surface area contributed by atoms with Gasteiger partial charge in [-0.2, -0.15) is 0 Å². The maximum absolute atomic E-state index is 12.7. The highest BCUT2D eigenvalue weighted by Gasteiger charge is 2.12. The van der Waals surface area contributed by atoms with Gasteiger partial charge in [-0.25, -0.2) is 4.98 Å². The Morgan fingerprint density at radius 2 is 1.80 bits per heavy atom. The molecule has 4 aromatic rings. The molecule has 6 nitrogen and oxygen atoms in total. The van der Waals surface area contributed by atoms with Crippen LogP contribution in [0.15, 0.2) is 71.1 Å². The minimum Gasteiger partial charge on any atom is -0.497 e. The summed E-state index contributed by atoms with van der Waals surface area (Å²) in [5.41, 5.74) is 3.31. The Morgan fingerprint density at radius 1 is 1.00 bits per heavy atom. The van der Waals surface area contributed by atoms with Crippen LogP contribution in [-0.4, -0.2) is 24.1 Å². The number of carbonyl (C=O) groups is 1. The molecule has 152 valence electrons. The second-order valence-electron chi connectivity index (χ2n) is 7.08. The highest BCUT2D eigenvalue weighted by atomic mass is 16.5. The first-order valence-electron chi connectivity index (χ1n) is 9.65. The smallest absolute Gasteiger partial charge is 0.255 e. The van der Waals surface area contributed by atoms with Gasteiger partial charge in [-0.15, -0.1) is 0 Å². The predicted octanol–water partition coefficient (Wildman–Crippen LogP) is 5.54. The van der Waals surface area contributed by atoms with E-state index in [1.807, 2.05) is 44.2 Å². The Morgan fingerprint density at radius 3 is 2.53 bits per heavy atom. The summed E-state index contributed by atoms with van der Waals surface area (Å²) < 4.78 is 16.7. The maximum Gasteiger partial charge on any atom is 0.255 e. The molecule has 0 atom stereocenters. The number of nitrogens with one attached hydrogen (secondary N) is 1. The van der Waals surface area contributed by atoms with Crippen molar-refractivity contribution >= 4 is 22.7 Å². The summed E-state index contributed by atoms with van der Waals surface area (Å²) >= 11 is 0. The number of carbonyl (C=O) groups excluding carboxylic acids is 1. The largest absolute Gasteiger partial charge is 0.497 e. The molecule has 0 fully saturated rings. The molecule has 0 saturated carbocycles. The van der Waals surface area contributed by atoms with Gasteiger partial charge in [-0.3, -0.25) is 4.79 Å². The predicted molar refractivity (Wildman–Crippen MR) is 116 cm³/mol. The Balaban J connectivity index is 1.54. The standard InChI is InChI=1S/C24H22N2O4/c1-15(2)29-20-6-4-5-17(13-20)23(27)25-18-9-12-22-21(14-18)26-24(30-22)16-7-10-19(28-3)11-8-16/h4-15H,1-3H3,(H,25,27). The molecular formula is C24H22N2O4. The van der Waals surface area contributed by atoms with Gasteiger partial charge >= 0.3 is 0 Å². The molecule has 1 amide bonds. The van der Waals surface area contributed by atoms with Gasteiger partial charge in [0.15, 0.2) is 5.58 Å². The first kappa shape index (κ1) is 19.5. The summed E-state index contributed by atoms with van der Waals surface area (Å²) in [7, 11) is 1.62. The molecule has 0 spiro atoms. The van der Waals surface area contributed by atoms with E-state index in [0.717, 1.165) is 11.3 Å². The number of methoxy groups -OCH3 is 1. The van der Waals surface area contributed by atoms with Crippen molar-refractivity contribution in [3.8, 4) is 23.0 Å². The van der Waals surface area contributed by atoms with Crippen LogP contribution in [0.4, 0.5) is 5.69 Å². The van der Waals surface area contributed by atoms with Gasteiger partial charge in [0.05, 0.1) is 13.2 Å². The summed E-state index contributed by atoms with van der Waals surface area (Å²) in [4.78, 5) is 17.2. The molecular weight excluding hydrogens is 380 g/mol. The molecule has 0 aliphatic carbocycles. The number of benzene rings is 3. The van der Waals surface area contributed by atoms with Crippen LogP contribution >= 0.6 is 0 Å². The Kier molecular flexibility index (Phi) is 5.39. The van der Waals surface area contributed by atoms with Gasteiger partial charge in [-0.1, -0.05) is 6.07 Å². The van der Waals surface area contributed by atoms with Crippen molar-refractivity contribution in [2.75, 3.05) is 12.4 Å². The van der Waals surface area contributed by atoms with Crippen LogP contribution in [0.5, 0.6) is 11.5 Å². The van der Waals surface area contributed by atoms with E-state index in [4.69, 9.17) is 13.9 Å². The van der Waals surface area contributed by atoms with Gasteiger partial charge in [-0.05, 0) is 74.5 Å². The number of oxazole rings is 1. The number of aromatic nitrogens is 1. The van der Waals surface area contributed by atoms with E-state index in [2.05, 4.69) is 10.3 Å². The number of nitrogens with zero attached hydrogens (tertiary/aromatic N) is 1. The lowest BCUT2D eigenvalue weighted by Crippen LogP contribution is -2.12. The van der Waals surface area contributed by atoms with Crippen molar-refractivity contribution in [3.05, 3.63) is 72.3 Å². The third-order valence-corrected chi connectivity index (χ3v) is 4.45. The second-order valence-corrected chi connectivity index (χ2v) is 7.08. The average molecular weight is 402 g/mol. The fraction of sp³-hybridized carbons (Fsp3) is 0.167. The van der Waals surface area contributed by atoms with Crippen LogP contribution in [0.3, 0.4) is 0 Å². The molecule has 0 aliphatic rings. The van der Waals surface area contributed by atoms with Crippen LogP contribution in [0.2, 0.25) is 0 Å². The number of rotatable bonds is 6. The molecule has 1 heterocycles. The molecule has 30 heavy (non-hydrogen) atoms. The number of fused-ring (bicyclic) bond motifs is 1. The van der Waals surface area contributed by atoms with Crippen molar-refractivity contribution in [1.29, 1.82) is 0 Å². The zero-order valence-corrected chi connectivity index (χ0v) is 17.0. The molecule has 0 aliphatic heterocycles. The van der Waals surface area contributed by atoms with Gasteiger partial charge in [0.25, 0.3) is 5.91 Å². The van der Waals surface area contributed by atoms with Gasteiger partial charge < -0.3 is 19.2 Å². The molecule has 4 rings (SSSR count). The zero-order valence-electron chi connectivity index (χ0n) is 17.0. The lowest BCUT2D eigenvalue weighted by atomic mass is 10.2. The molecule has 0 saturated heterocycles. The first-order valence-corrected chi connectivity index (χ1v) is 9.65. The van der Waals surface area contributed by atoms with Gasteiger partial charge in [0.2, 0.25) is 5.89 Å². The number of hydrogen-bond donors (Lipinski definition) is 1. The quantitative estimate of drug-likeness (QED) is 0.458. The Hall–Kier alpha value is -3.80. The third-order valence-electron chi connectivity index (χ3n) is 4.45. The molecule has 3 aromatic carbocycles. The highest BCUT2D eigenvalue weighted by molar-refractivity contribution is 6.05. The van der Waals surface area contributed by atoms with Gasteiger partial charge in [0.1, 0.15) is 17.0 Å². The van der Waals surface area contributed by atoms with Crippen LogP contribution in [0.25, 0.3) is 22.6 Å². The molecule has 0 radical (unpaired) electrons. The summed E-state index contributed by atoms with van der Waals surface area (Å²) in [6.45, 7) is 3.89. The van der Waals surface area contributed by atoms with E-state index in [-0.39, 0.29) is 12.0 Å². The van der Waals surface area contributed by atoms with E-state index in [0.29, 0.717) is 34.0 Å². The minimum atomic E-state index is -0.220. The van der Waals surface area contributed by atoms with E-state index in [1.165, 1.54) is 0 Å². The van der Waals surface area contributed by atoms with Crippen molar-refractivity contribution in [2.45, 2.75) is 20.0 Å². The highest BCUT2D eigenvalue weighted by Crippen LogP contribution is 2.27. The van der Waals surface area contributed by atoms with E-state index in [9.17, 15) is 4.79 Å². The Bertz CT molecular complexity index is 1180. The van der Waals surface area contributed by atoms with Crippen LogP contribution in [0, 0.1) is 0 Å². The van der Waals surface area contributed by atoms with E-state index in [1.54, 1.807) is 43.5 Å². The summed E-state index contributed by atoms with van der Waals surface area (Å²) in [5, 5.41) is 2.90. The lowest BCUT2D eigenvalue weighted by molar-refractivity contribution is 0.102. The fourth-order valence-electron chi connectivity index (χ4n) is 3.05. The molecule has 6 heteroatoms. The summed E-state index contributed by atoms with van der Waals surface area (Å²) in [6, 6.07) is 20.0. The summed E-state index contributed by atoms with van der Waals surface area (Å²) in [5.74, 6) is 1.72. The van der Waals surface area contributed by atoms with Crippen molar-refractivity contribution in [1.82, 2.24) is 4.98 Å². The Labute approximate surface area is 174 Å². The average Bonchev–Trinajstić information content (AvgIpc) is 3.17. The van der Waals surface area contributed by atoms with Crippen LogP contribution < -0.4 is 14.8 Å². The zero-order chi connectivity index (χ0) is 21.1. The number of hydrogen-bond acceptors (Lipinski definition) is 5. The van der Waals surface area contributed by atoms with E-state index >= 15 is 0 Å².